The Hall–Kier alpha value is -2.93. The van der Waals surface area contributed by atoms with Gasteiger partial charge in [0.2, 0.25) is 0 Å². The first kappa shape index (κ1) is 17.0. The second-order valence-electron chi connectivity index (χ2n) is 8.00. The highest BCUT2D eigenvalue weighted by atomic mass is 16.6. The molecule has 0 saturated carbocycles. The van der Waals surface area contributed by atoms with E-state index in [0.29, 0.717) is 39.5 Å². The molecule has 4 aliphatic heterocycles. The number of benzene rings is 2. The third-order valence-corrected chi connectivity index (χ3v) is 6.61. The summed E-state index contributed by atoms with van der Waals surface area (Å²) in [5.41, 5.74) is 3.59. The van der Waals surface area contributed by atoms with Crippen molar-refractivity contribution in [3.8, 4) is 11.5 Å². The Labute approximate surface area is 168 Å². The summed E-state index contributed by atoms with van der Waals surface area (Å²) in [5.74, 6) is 1.66. The Balaban J connectivity index is 1.40. The largest absolute Gasteiger partial charge is 0.493 e. The van der Waals surface area contributed by atoms with E-state index in [1.54, 1.807) is 4.90 Å². The van der Waals surface area contributed by atoms with Crippen LogP contribution in [0, 0.1) is 0 Å². The molecule has 1 fully saturated rings. The van der Waals surface area contributed by atoms with E-state index in [0.717, 1.165) is 40.3 Å². The Kier molecular flexibility index (Phi) is 3.53. The summed E-state index contributed by atoms with van der Waals surface area (Å²) in [7, 11) is 0. The minimum absolute atomic E-state index is 0.285. The lowest BCUT2D eigenvalue weighted by Gasteiger charge is -2.32. The predicted molar refractivity (Wildman–Crippen MR) is 105 cm³/mol. The Morgan fingerprint density at radius 1 is 1.03 bits per heavy atom. The van der Waals surface area contributed by atoms with Crippen LogP contribution in [-0.2, 0) is 16.6 Å². The van der Waals surface area contributed by atoms with Crippen LogP contribution in [0.1, 0.15) is 16.7 Å². The number of nitrogens with zero attached hydrogens (tertiary/aromatic N) is 2. The summed E-state index contributed by atoms with van der Waals surface area (Å²) in [5, 5.41) is 11.6. The second-order valence-corrected chi connectivity index (χ2v) is 8.00. The maximum Gasteiger partial charge on any atom is 0.409 e. The topological polar surface area (TPSA) is 71.5 Å². The maximum atomic E-state index is 11.8. The molecule has 29 heavy (non-hydrogen) atoms. The number of ether oxygens (including phenoxy) is 3. The van der Waals surface area contributed by atoms with Gasteiger partial charge in [-0.1, -0.05) is 18.2 Å². The van der Waals surface area contributed by atoms with Gasteiger partial charge in [0.25, 0.3) is 0 Å². The number of carbonyl (C=O) groups excluding carboxylic acids is 1. The standard InChI is InChI=1S/C22H22N2O5/c25-20-22(13-29-19-12-18-14(5-9-27-18)11-16(19)22)15-3-1-2-4-17(15)24(20)7-6-23-8-10-28-21(23)26/h1-4,11-12,20,25H,5-10,13H2. The fourth-order valence-electron chi connectivity index (χ4n) is 5.12. The van der Waals surface area contributed by atoms with Gasteiger partial charge in [0.15, 0.2) is 0 Å². The molecule has 1 spiro atoms. The van der Waals surface area contributed by atoms with Crippen molar-refractivity contribution in [1.82, 2.24) is 4.90 Å². The van der Waals surface area contributed by atoms with Crippen LogP contribution < -0.4 is 14.4 Å². The van der Waals surface area contributed by atoms with E-state index in [9.17, 15) is 9.90 Å². The lowest BCUT2D eigenvalue weighted by atomic mass is 9.76. The molecule has 0 aliphatic carbocycles. The van der Waals surface area contributed by atoms with Crippen LogP contribution in [0.15, 0.2) is 36.4 Å². The van der Waals surface area contributed by atoms with Crippen molar-refractivity contribution in [3.63, 3.8) is 0 Å². The minimum Gasteiger partial charge on any atom is -0.493 e. The van der Waals surface area contributed by atoms with Crippen molar-refractivity contribution >= 4 is 11.8 Å². The predicted octanol–water partition coefficient (Wildman–Crippen LogP) is 1.89. The van der Waals surface area contributed by atoms with Gasteiger partial charge >= 0.3 is 6.09 Å². The first-order valence-corrected chi connectivity index (χ1v) is 10.1. The number of carbonyl (C=O) groups is 1. The quantitative estimate of drug-likeness (QED) is 0.857. The monoisotopic (exact) mass is 394 g/mol. The van der Waals surface area contributed by atoms with Gasteiger partial charge in [0.05, 0.1) is 13.2 Å². The average molecular weight is 394 g/mol. The number of aliphatic hydroxyl groups excluding tert-OH is 1. The zero-order valence-corrected chi connectivity index (χ0v) is 16.0. The van der Waals surface area contributed by atoms with Crippen molar-refractivity contribution in [3.05, 3.63) is 53.1 Å². The first-order chi connectivity index (χ1) is 14.2. The summed E-state index contributed by atoms with van der Waals surface area (Å²) in [6, 6.07) is 12.2. The summed E-state index contributed by atoms with van der Waals surface area (Å²) >= 11 is 0. The molecule has 1 N–H and O–H groups in total. The molecule has 4 heterocycles. The maximum absolute atomic E-state index is 11.8. The molecule has 2 aromatic rings. The number of fused-ring (bicyclic) bond motifs is 5. The number of aliphatic hydroxyl groups is 1. The number of hydrogen-bond acceptors (Lipinski definition) is 6. The van der Waals surface area contributed by atoms with Crippen molar-refractivity contribution < 1.29 is 24.1 Å². The Morgan fingerprint density at radius 3 is 2.79 bits per heavy atom. The Morgan fingerprint density at radius 2 is 1.93 bits per heavy atom. The van der Waals surface area contributed by atoms with Crippen molar-refractivity contribution in [2.24, 2.45) is 0 Å². The van der Waals surface area contributed by atoms with E-state index in [1.807, 2.05) is 29.2 Å². The van der Waals surface area contributed by atoms with Crippen LogP contribution >= 0.6 is 0 Å². The average Bonchev–Trinajstić information content (AvgIpc) is 3.48. The van der Waals surface area contributed by atoms with Gasteiger partial charge < -0.3 is 29.1 Å². The molecule has 0 radical (unpaired) electrons. The van der Waals surface area contributed by atoms with Crippen molar-refractivity contribution in [2.45, 2.75) is 18.1 Å². The van der Waals surface area contributed by atoms with Crippen LogP contribution in [-0.4, -0.2) is 61.8 Å². The molecule has 2 aromatic carbocycles. The van der Waals surface area contributed by atoms with Gasteiger partial charge in [0, 0.05) is 36.8 Å². The molecule has 150 valence electrons. The summed E-state index contributed by atoms with van der Waals surface area (Å²) in [6.07, 6.45) is -0.191. The van der Waals surface area contributed by atoms with E-state index in [1.165, 1.54) is 0 Å². The molecule has 4 aliphatic rings. The van der Waals surface area contributed by atoms with Gasteiger partial charge in [-0.2, -0.15) is 0 Å². The van der Waals surface area contributed by atoms with E-state index in [4.69, 9.17) is 14.2 Å². The molecule has 2 atom stereocenters. The molecule has 1 amide bonds. The fourth-order valence-corrected chi connectivity index (χ4v) is 5.12. The molecule has 7 heteroatoms. The van der Waals surface area contributed by atoms with E-state index < -0.39 is 11.6 Å². The summed E-state index contributed by atoms with van der Waals surface area (Å²) < 4.78 is 16.8. The zero-order chi connectivity index (χ0) is 19.6. The Bertz CT molecular complexity index is 1010. The van der Waals surface area contributed by atoms with Crippen LogP contribution in [0.4, 0.5) is 10.5 Å². The highest BCUT2D eigenvalue weighted by molar-refractivity contribution is 5.72. The van der Waals surface area contributed by atoms with Crippen LogP contribution in [0.5, 0.6) is 11.5 Å². The number of anilines is 1. The van der Waals surface area contributed by atoms with Gasteiger partial charge in [-0.15, -0.1) is 0 Å². The van der Waals surface area contributed by atoms with E-state index in [2.05, 4.69) is 12.1 Å². The fraction of sp³-hybridized carbons (Fsp3) is 0.409. The third kappa shape index (κ3) is 2.25. The van der Waals surface area contributed by atoms with Gasteiger partial charge in [-0.05, 0) is 23.3 Å². The smallest absolute Gasteiger partial charge is 0.409 e. The van der Waals surface area contributed by atoms with E-state index >= 15 is 0 Å². The van der Waals surface area contributed by atoms with Gasteiger partial charge in [-0.3, -0.25) is 0 Å². The molecule has 0 aromatic heterocycles. The van der Waals surface area contributed by atoms with Crippen molar-refractivity contribution in [2.75, 3.05) is 44.4 Å². The van der Waals surface area contributed by atoms with E-state index in [-0.39, 0.29) is 6.09 Å². The van der Waals surface area contributed by atoms with Crippen LogP contribution in [0.25, 0.3) is 0 Å². The molecule has 7 nitrogen and oxygen atoms in total. The first-order valence-electron chi connectivity index (χ1n) is 10.1. The number of cyclic esters (lactones) is 1. The number of hydrogen-bond donors (Lipinski definition) is 1. The molecule has 1 saturated heterocycles. The molecule has 6 rings (SSSR count). The third-order valence-electron chi connectivity index (χ3n) is 6.61. The normalized spacial score (nSPS) is 26.2. The second kappa shape index (κ2) is 6.03. The van der Waals surface area contributed by atoms with Gasteiger partial charge in [0.1, 0.15) is 36.4 Å². The molecular formula is C22H22N2O5. The van der Waals surface area contributed by atoms with Crippen LogP contribution in [0.2, 0.25) is 0 Å². The van der Waals surface area contributed by atoms with Crippen molar-refractivity contribution in [1.29, 1.82) is 0 Å². The highest BCUT2D eigenvalue weighted by Crippen LogP contribution is 2.55. The summed E-state index contributed by atoms with van der Waals surface area (Å²) in [6.45, 7) is 3.11. The summed E-state index contributed by atoms with van der Waals surface area (Å²) in [4.78, 5) is 15.5. The highest BCUT2D eigenvalue weighted by Gasteiger charge is 2.56. The molecular weight excluding hydrogens is 372 g/mol. The molecule has 2 unspecified atom stereocenters. The minimum atomic E-state index is -0.778. The van der Waals surface area contributed by atoms with Gasteiger partial charge in [-0.25, -0.2) is 4.79 Å². The van der Waals surface area contributed by atoms with Crippen LogP contribution in [0.3, 0.4) is 0 Å². The molecule has 0 bridgehead atoms. The number of para-hydroxylation sites is 1. The zero-order valence-electron chi connectivity index (χ0n) is 16.0. The number of rotatable bonds is 3. The SMILES string of the molecule is O=C1OCCN1CCN1c2ccccc2C2(COc3cc4c(cc32)CCO4)C1O. The lowest BCUT2D eigenvalue weighted by Crippen LogP contribution is -2.48. The lowest BCUT2D eigenvalue weighted by molar-refractivity contribution is 0.0936. The number of amides is 1.